The van der Waals surface area contributed by atoms with Crippen molar-refractivity contribution in [3.8, 4) is 0 Å². The molecule has 2 aliphatic rings. The van der Waals surface area contributed by atoms with Gasteiger partial charge in [0.05, 0.1) is 18.6 Å². The van der Waals surface area contributed by atoms with Gasteiger partial charge in [0, 0.05) is 0 Å². The summed E-state index contributed by atoms with van der Waals surface area (Å²) in [5.41, 5.74) is 0.897. The lowest BCUT2D eigenvalue weighted by Gasteiger charge is -2.26. The molecule has 0 aliphatic carbocycles. The van der Waals surface area contributed by atoms with Gasteiger partial charge in [0.15, 0.2) is 11.9 Å². The Balaban J connectivity index is 1.76. The van der Waals surface area contributed by atoms with E-state index in [0.717, 1.165) is 12.7 Å². The number of rotatable bonds is 5. The minimum atomic E-state index is -4.07. The van der Waals surface area contributed by atoms with Gasteiger partial charge in [-0.3, -0.25) is 4.18 Å². The number of carbonyl (C=O) groups excluding carboxylic acids is 1. The molecule has 0 saturated carbocycles. The second-order valence-corrected chi connectivity index (χ2v) is 8.51. The summed E-state index contributed by atoms with van der Waals surface area (Å²) in [7, 11) is -2.93. The molecule has 0 spiro atoms. The minimum absolute atomic E-state index is 0.0305. The number of aryl methyl sites for hydroxylation is 1. The minimum Gasteiger partial charge on any atom is -0.465 e. The highest BCUT2D eigenvalue weighted by Gasteiger charge is 2.69. The first-order valence-electron chi connectivity index (χ1n) is 8.29. The molecule has 1 aromatic carbocycles. The molecule has 1 aromatic rings. The molecule has 0 aromatic heterocycles. The van der Waals surface area contributed by atoms with E-state index in [1.54, 1.807) is 26.0 Å². The lowest BCUT2D eigenvalue weighted by molar-refractivity contribution is -0.266. The van der Waals surface area contributed by atoms with Crippen LogP contribution in [0.4, 0.5) is 0 Å². The van der Waals surface area contributed by atoms with Crippen LogP contribution in [-0.2, 0) is 38.0 Å². The second kappa shape index (κ2) is 6.80. The van der Waals surface area contributed by atoms with Crippen molar-refractivity contribution in [1.82, 2.24) is 0 Å². The maximum atomic E-state index is 12.3. The van der Waals surface area contributed by atoms with Crippen LogP contribution in [0.1, 0.15) is 19.4 Å². The van der Waals surface area contributed by atoms with Gasteiger partial charge in [0.1, 0.15) is 12.2 Å². The number of methoxy groups -OCH3 is 1. The van der Waals surface area contributed by atoms with E-state index in [2.05, 4.69) is 0 Å². The molecule has 1 N–H and O–H groups in total. The van der Waals surface area contributed by atoms with Crippen molar-refractivity contribution in [1.29, 1.82) is 0 Å². The van der Waals surface area contributed by atoms with Crippen LogP contribution in [0.5, 0.6) is 0 Å². The first-order valence-corrected chi connectivity index (χ1v) is 9.70. The smallest absolute Gasteiger partial charge is 0.369 e. The number of aliphatic hydroxyl groups excluding tert-OH is 1. The van der Waals surface area contributed by atoms with Crippen LogP contribution in [0.3, 0.4) is 0 Å². The third-order valence-corrected chi connectivity index (χ3v) is 5.66. The standard InChI is InChI=1S/C17H22O9S/c1-10-5-7-11(8-6-10)27(20,21)23-9-12-13(18)14-17(24-12,15(19)22-4)26-16(2,3)25-14/h5-8,12-14,18H,9H2,1-4H3/t12-,13+,14-,17+/m0/s1. The van der Waals surface area contributed by atoms with Gasteiger partial charge >= 0.3 is 11.8 Å². The van der Waals surface area contributed by atoms with Gasteiger partial charge in [-0.2, -0.15) is 8.42 Å². The molecule has 3 rings (SSSR count). The average molecular weight is 402 g/mol. The van der Waals surface area contributed by atoms with Gasteiger partial charge in [0.25, 0.3) is 10.1 Å². The van der Waals surface area contributed by atoms with Gasteiger partial charge in [-0.25, -0.2) is 4.79 Å². The van der Waals surface area contributed by atoms with Gasteiger partial charge < -0.3 is 24.1 Å². The summed E-state index contributed by atoms with van der Waals surface area (Å²) in [6.07, 6.45) is -3.72. The fourth-order valence-electron chi connectivity index (χ4n) is 3.12. The molecule has 0 bridgehead atoms. The normalized spacial score (nSPS) is 32.3. The van der Waals surface area contributed by atoms with Crippen LogP contribution < -0.4 is 0 Å². The molecule has 9 nitrogen and oxygen atoms in total. The molecule has 2 heterocycles. The predicted octanol–water partition coefficient (Wildman–Crippen LogP) is 0.481. The molecule has 150 valence electrons. The molecule has 10 heteroatoms. The topological polar surface area (TPSA) is 118 Å². The van der Waals surface area contributed by atoms with Crippen molar-refractivity contribution >= 4 is 16.1 Å². The number of hydrogen-bond donors (Lipinski definition) is 1. The van der Waals surface area contributed by atoms with Crippen LogP contribution in [0.2, 0.25) is 0 Å². The molecule has 2 fully saturated rings. The summed E-state index contributed by atoms with van der Waals surface area (Å²) in [4.78, 5) is 12.2. The molecule has 2 aliphatic heterocycles. The number of carbonyl (C=O) groups is 1. The Labute approximate surface area is 157 Å². The molecular weight excluding hydrogens is 380 g/mol. The van der Waals surface area contributed by atoms with Crippen LogP contribution >= 0.6 is 0 Å². The number of hydrogen-bond acceptors (Lipinski definition) is 9. The Hall–Kier alpha value is -1.56. The van der Waals surface area contributed by atoms with Crippen LogP contribution in [0.15, 0.2) is 29.2 Å². The van der Waals surface area contributed by atoms with Crippen molar-refractivity contribution < 1.29 is 41.4 Å². The van der Waals surface area contributed by atoms with E-state index in [-0.39, 0.29) is 4.90 Å². The third kappa shape index (κ3) is 3.60. The Morgan fingerprint density at radius 2 is 1.85 bits per heavy atom. The lowest BCUT2D eigenvalue weighted by Crippen LogP contribution is -2.48. The van der Waals surface area contributed by atoms with E-state index in [4.69, 9.17) is 23.1 Å². The molecule has 2 saturated heterocycles. The average Bonchev–Trinajstić information content (AvgIpc) is 3.02. The van der Waals surface area contributed by atoms with Gasteiger partial charge in [-0.1, -0.05) is 17.7 Å². The van der Waals surface area contributed by atoms with Gasteiger partial charge in [0.2, 0.25) is 0 Å². The summed E-state index contributed by atoms with van der Waals surface area (Å²) < 4.78 is 51.0. The van der Waals surface area contributed by atoms with Crippen molar-refractivity contribution in [2.45, 2.75) is 55.6 Å². The fraction of sp³-hybridized carbons (Fsp3) is 0.588. The van der Waals surface area contributed by atoms with Crippen molar-refractivity contribution in [2.24, 2.45) is 0 Å². The van der Waals surface area contributed by atoms with E-state index < -0.39 is 52.6 Å². The van der Waals surface area contributed by atoms with E-state index >= 15 is 0 Å². The first kappa shape index (κ1) is 20.2. The van der Waals surface area contributed by atoms with Crippen LogP contribution in [-0.4, -0.2) is 63.1 Å². The molecule has 0 radical (unpaired) electrons. The zero-order valence-corrected chi connectivity index (χ0v) is 16.2. The highest BCUT2D eigenvalue weighted by Crippen LogP contribution is 2.46. The molecular formula is C17H22O9S. The first-order chi connectivity index (χ1) is 12.5. The highest BCUT2D eigenvalue weighted by molar-refractivity contribution is 7.86. The summed E-state index contributed by atoms with van der Waals surface area (Å²) in [5.74, 6) is -4.07. The van der Waals surface area contributed by atoms with Crippen molar-refractivity contribution in [2.75, 3.05) is 13.7 Å². The Morgan fingerprint density at radius 3 is 2.44 bits per heavy atom. The summed E-state index contributed by atoms with van der Waals surface area (Å²) in [6, 6.07) is 6.10. The summed E-state index contributed by atoms with van der Waals surface area (Å²) in [6.45, 7) is 4.41. The lowest BCUT2D eigenvalue weighted by atomic mass is 10.1. The fourth-order valence-corrected chi connectivity index (χ4v) is 4.04. The number of aliphatic hydroxyl groups is 1. The third-order valence-electron chi connectivity index (χ3n) is 4.37. The predicted molar refractivity (Wildman–Crippen MR) is 90.0 cm³/mol. The second-order valence-electron chi connectivity index (χ2n) is 6.90. The van der Waals surface area contributed by atoms with Crippen LogP contribution in [0, 0.1) is 6.92 Å². The monoisotopic (exact) mass is 402 g/mol. The van der Waals surface area contributed by atoms with Crippen molar-refractivity contribution in [3.05, 3.63) is 29.8 Å². The van der Waals surface area contributed by atoms with Gasteiger partial charge in [-0.05, 0) is 32.9 Å². The van der Waals surface area contributed by atoms with E-state index in [9.17, 15) is 18.3 Å². The molecule has 0 unspecified atom stereocenters. The number of ether oxygens (including phenoxy) is 4. The molecule has 0 amide bonds. The maximum absolute atomic E-state index is 12.3. The molecule has 4 atom stereocenters. The number of esters is 1. The zero-order valence-electron chi connectivity index (χ0n) is 15.4. The Kier molecular flexibility index (Phi) is 5.08. The quantitative estimate of drug-likeness (QED) is 0.554. The van der Waals surface area contributed by atoms with E-state index in [1.165, 1.54) is 12.1 Å². The largest absolute Gasteiger partial charge is 0.465 e. The maximum Gasteiger partial charge on any atom is 0.369 e. The number of benzene rings is 1. The molecule has 27 heavy (non-hydrogen) atoms. The Bertz CT molecular complexity index is 817. The summed E-state index contributed by atoms with van der Waals surface area (Å²) >= 11 is 0. The Morgan fingerprint density at radius 1 is 1.22 bits per heavy atom. The number of fused-ring (bicyclic) bond motifs is 1. The summed E-state index contributed by atoms with van der Waals surface area (Å²) in [5, 5.41) is 10.5. The van der Waals surface area contributed by atoms with E-state index in [0.29, 0.717) is 0 Å². The zero-order chi connectivity index (χ0) is 20.0. The van der Waals surface area contributed by atoms with Gasteiger partial charge in [-0.15, -0.1) is 0 Å². The van der Waals surface area contributed by atoms with E-state index in [1.807, 2.05) is 6.92 Å². The van der Waals surface area contributed by atoms with Crippen LogP contribution in [0.25, 0.3) is 0 Å². The van der Waals surface area contributed by atoms with Crippen molar-refractivity contribution in [3.63, 3.8) is 0 Å². The SMILES string of the molecule is COC(=O)[C@@]12O[C@@H](COS(=O)(=O)c3ccc(C)cc3)[C@@H](O)[C@@H]1OC(C)(C)O2. The highest BCUT2D eigenvalue weighted by atomic mass is 32.2.